The Balaban J connectivity index is 1.34. The van der Waals surface area contributed by atoms with Crippen molar-refractivity contribution in [1.82, 2.24) is 36.0 Å². The van der Waals surface area contributed by atoms with Crippen molar-refractivity contribution >= 4 is 22.8 Å². The molecule has 35 heavy (non-hydrogen) atoms. The van der Waals surface area contributed by atoms with Gasteiger partial charge in [0.2, 0.25) is 0 Å². The van der Waals surface area contributed by atoms with Crippen LogP contribution in [0.2, 0.25) is 0 Å². The van der Waals surface area contributed by atoms with Crippen LogP contribution in [0.3, 0.4) is 0 Å². The summed E-state index contributed by atoms with van der Waals surface area (Å²) in [6, 6.07) is 7.04. The molecule has 4 N–H and O–H groups in total. The summed E-state index contributed by atoms with van der Waals surface area (Å²) in [6.07, 6.45) is 2.67. The van der Waals surface area contributed by atoms with Crippen molar-refractivity contribution < 1.29 is 13.7 Å². The molecule has 1 aliphatic rings. The number of nitrogens with one attached hydrogen (secondary N) is 4. The third-order valence-electron chi connectivity index (χ3n) is 5.96. The van der Waals surface area contributed by atoms with Crippen LogP contribution in [0.5, 0.6) is 0 Å². The number of halogens is 1. The number of aromatic amines is 1. The van der Waals surface area contributed by atoms with Gasteiger partial charge in [0, 0.05) is 36.3 Å². The summed E-state index contributed by atoms with van der Waals surface area (Å²) in [5, 5.41) is 21.4. The lowest BCUT2D eigenvalue weighted by Crippen LogP contribution is -2.24. The summed E-state index contributed by atoms with van der Waals surface area (Å²) in [6.45, 7) is 7.56. The summed E-state index contributed by atoms with van der Waals surface area (Å²) in [7, 11) is 0. The van der Waals surface area contributed by atoms with Crippen LogP contribution in [0.25, 0.3) is 22.2 Å². The number of rotatable bonds is 6. The third kappa shape index (κ3) is 4.72. The predicted octanol–water partition coefficient (Wildman–Crippen LogP) is 3.15. The molecule has 5 rings (SSSR count). The molecule has 3 aromatic heterocycles. The van der Waals surface area contributed by atoms with E-state index in [1.807, 2.05) is 32.9 Å². The Morgan fingerprint density at radius 2 is 2.14 bits per heavy atom. The summed E-state index contributed by atoms with van der Waals surface area (Å²) in [4.78, 5) is 20.9. The molecule has 10 nitrogen and oxygen atoms in total. The van der Waals surface area contributed by atoms with Crippen LogP contribution in [0.1, 0.15) is 49.3 Å². The number of hydrogen-bond acceptors (Lipinski definition) is 8. The van der Waals surface area contributed by atoms with Crippen LogP contribution in [0.15, 0.2) is 35.0 Å². The summed E-state index contributed by atoms with van der Waals surface area (Å²) in [5.74, 6) is -0.0139. The van der Waals surface area contributed by atoms with Crippen LogP contribution in [-0.2, 0) is 12.0 Å². The highest BCUT2D eigenvalue weighted by Crippen LogP contribution is 2.33. The fraction of sp³-hybridized carbons (Fsp3) is 0.375. The normalized spacial score (nSPS) is 16.1. The lowest BCUT2D eigenvalue weighted by molar-refractivity contribution is 0.0906. The fourth-order valence-corrected chi connectivity index (χ4v) is 4.00. The predicted molar refractivity (Wildman–Crippen MR) is 128 cm³/mol. The van der Waals surface area contributed by atoms with E-state index in [9.17, 15) is 4.79 Å². The molecule has 1 aliphatic heterocycles. The molecule has 0 radical (unpaired) electrons. The largest absolute Gasteiger partial charge is 0.364 e. The lowest BCUT2D eigenvalue weighted by atomic mass is 9.96. The molecule has 0 unspecified atom stereocenters. The lowest BCUT2D eigenvalue weighted by Gasteiger charge is -2.12. The van der Waals surface area contributed by atoms with Crippen LogP contribution >= 0.6 is 0 Å². The van der Waals surface area contributed by atoms with E-state index in [4.69, 9.17) is 4.52 Å². The number of hydrogen-bond donors (Lipinski definition) is 4. The minimum absolute atomic E-state index is 0.0167. The summed E-state index contributed by atoms with van der Waals surface area (Å²) < 4.78 is 20.1. The maximum absolute atomic E-state index is 15.0. The number of benzene rings is 1. The first-order valence-corrected chi connectivity index (χ1v) is 11.5. The van der Waals surface area contributed by atoms with E-state index >= 15 is 4.39 Å². The second-order valence-electron chi connectivity index (χ2n) is 9.65. The van der Waals surface area contributed by atoms with Crippen molar-refractivity contribution in [3.05, 3.63) is 53.6 Å². The Kier molecular flexibility index (Phi) is 5.93. The third-order valence-corrected chi connectivity index (χ3v) is 5.96. The Labute approximate surface area is 201 Å². The van der Waals surface area contributed by atoms with E-state index in [1.165, 1.54) is 6.07 Å². The molecular weight excluding hydrogens is 451 g/mol. The van der Waals surface area contributed by atoms with Gasteiger partial charge >= 0.3 is 11.8 Å². The van der Waals surface area contributed by atoms with Crippen LogP contribution in [0, 0.1) is 5.82 Å². The molecule has 1 fully saturated rings. The topological polar surface area (TPSA) is 134 Å². The van der Waals surface area contributed by atoms with Gasteiger partial charge in [-0.2, -0.15) is 10.1 Å². The first kappa shape index (κ1) is 22.9. The van der Waals surface area contributed by atoms with Gasteiger partial charge in [-0.3, -0.25) is 9.89 Å². The minimum Gasteiger partial charge on any atom is -0.364 e. The molecule has 1 amide bonds. The van der Waals surface area contributed by atoms with Crippen molar-refractivity contribution in [3.63, 3.8) is 0 Å². The number of nitrogens with zero attached hydrogens (tertiary/aromatic N) is 4. The first-order valence-electron chi connectivity index (χ1n) is 11.5. The second kappa shape index (κ2) is 9.06. The molecule has 1 atom stereocenters. The molecule has 11 heteroatoms. The van der Waals surface area contributed by atoms with Crippen molar-refractivity contribution in [2.75, 3.05) is 18.4 Å². The maximum Gasteiger partial charge on any atom is 0.315 e. The zero-order valence-corrected chi connectivity index (χ0v) is 19.8. The van der Waals surface area contributed by atoms with Gasteiger partial charge in [-0.25, -0.2) is 9.37 Å². The average molecular weight is 479 g/mol. The zero-order valence-electron chi connectivity index (χ0n) is 19.8. The number of aromatic nitrogens is 5. The van der Waals surface area contributed by atoms with E-state index in [0.29, 0.717) is 28.4 Å². The zero-order chi connectivity index (χ0) is 24.6. The van der Waals surface area contributed by atoms with Gasteiger partial charge in [-0.1, -0.05) is 38.1 Å². The Morgan fingerprint density at radius 3 is 2.86 bits per heavy atom. The van der Waals surface area contributed by atoms with Gasteiger partial charge < -0.3 is 20.5 Å². The smallest absolute Gasteiger partial charge is 0.315 e. The van der Waals surface area contributed by atoms with Gasteiger partial charge in [0.05, 0.1) is 5.39 Å². The van der Waals surface area contributed by atoms with Crippen LogP contribution < -0.4 is 16.0 Å². The molecule has 1 aromatic carbocycles. The number of carbonyl (C=O) groups excluding carboxylic acids is 1. The Hall–Kier alpha value is -3.86. The fourth-order valence-electron chi connectivity index (χ4n) is 4.00. The van der Waals surface area contributed by atoms with E-state index in [0.717, 1.165) is 30.5 Å². The number of amides is 1. The van der Waals surface area contributed by atoms with Crippen LogP contribution in [0.4, 0.5) is 10.2 Å². The van der Waals surface area contributed by atoms with Crippen LogP contribution in [-0.4, -0.2) is 50.4 Å². The van der Waals surface area contributed by atoms with Gasteiger partial charge in [0.25, 0.3) is 0 Å². The molecule has 0 saturated carbocycles. The van der Waals surface area contributed by atoms with Gasteiger partial charge in [-0.15, -0.1) is 0 Å². The number of anilines is 1. The highest BCUT2D eigenvalue weighted by Gasteiger charge is 2.24. The molecule has 0 spiro atoms. The van der Waals surface area contributed by atoms with E-state index in [-0.39, 0.29) is 23.9 Å². The second-order valence-corrected chi connectivity index (χ2v) is 9.65. The average Bonchev–Trinajstić information content (AvgIpc) is 3.59. The van der Waals surface area contributed by atoms with Crippen molar-refractivity contribution in [2.45, 2.75) is 45.2 Å². The van der Waals surface area contributed by atoms with E-state index < -0.39 is 11.7 Å². The summed E-state index contributed by atoms with van der Waals surface area (Å²) >= 11 is 0. The molecule has 0 aliphatic carbocycles. The SMILES string of the molecule is CC(C)(C)c1noc(C(=O)NCc2ccc(-c3ccnc4[nH]nc(N[C@@H]5CCNC5)c34)cc2F)n1. The van der Waals surface area contributed by atoms with Gasteiger partial charge in [-0.05, 0) is 36.2 Å². The van der Waals surface area contributed by atoms with Crippen molar-refractivity contribution in [2.24, 2.45) is 0 Å². The molecule has 4 aromatic rings. The van der Waals surface area contributed by atoms with E-state index in [1.54, 1.807) is 12.3 Å². The highest BCUT2D eigenvalue weighted by molar-refractivity contribution is 6.00. The number of carbonyl (C=O) groups is 1. The summed E-state index contributed by atoms with van der Waals surface area (Å²) in [5.41, 5.74) is 2.12. The monoisotopic (exact) mass is 478 g/mol. The standard InChI is InChI=1S/C24H27FN8O2/c1-24(2,3)23-30-22(35-33-23)21(34)28-11-14-5-4-13(10-17(14)25)16-7-9-27-19-18(16)20(32-31-19)29-15-6-8-26-12-15/h4-5,7,9-10,15,26H,6,8,11-12H2,1-3H3,(H,28,34)(H2,27,29,31,32)/t15-/m1/s1. The van der Waals surface area contributed by atoms with Gasteiger partial charge in [0.1, 0.15) is 5.82 Å². The Bertz CT molecular complexity index is 1370. The molecule has 0 bridgehead atoms. The van der Waals surface area contributed by atoms with Crippen molar-refractivity contribution in [1.29, 1.82) is 0 Å². The molecular formula is C24H27FN8O2. The number of H-pyrrole nitrogens is 1. The van der Waals surface area contributed by atoms with E-state index in [2.05, 4.69) is 41.3 Å². The molecule has 1 saturated heterocycles. The number of pyridine rings is 1. The molecule has 182 valence electrons. The quantitative estimate of drug-likeness (QED) is 0.332. The number of fused-ring (bicyclic) bond motifs is 1. The Morgan fingerprint density at radius 1 is 1.29 bits per heavy atom. The maximum atomic E-state index is 15.0. The first-order chi connectivity index (χ1) is 16.8. The van der Waals surface area contributed by atoms with Crippen molar-refractivity contribution in [3.8, 4) is 11.1 Å². The minimum atomic E-state index is -0.553. The van der Waals surface area contributed by atoms with Gasteiger partial charge in [0.15, 0.2) is 17.3 Å². The molecule has 4 heterocycles. The highest BCUT2D eigenvalue weighted by atomic mass is 19.1.